The van der Waals surface area contributed by atoms with Crippen LogP contribution in [-0.4, -0.2) is 54.0 Å². The van der Waals surface area contributed by atoms with Gasteiger partial charge in [-0.3, -0.25) is 18.7 Å². The molecule has 0 saturated heterocycles. The van der Waals surface area contributed by atoms with E-state index in [1.54, 1.807) is 13.8 Å². The molecule has 0 unspecified atom stereocenters. The Labute approximate surface area is 307 Å². The number of hydrogen-bond donors (Lipinski definition) is 8. The first-order chi connectivity index (χ1) is 25.4. The molecule has 0 atom stereocenters. The fourth-order valence-corrected chi connectivity index (χ4v) is 7.35. The van der Waals surface area contributed by atoms with Crippen LogP contribution in [0.3, 0.4) is 0 Å². The standard InChI is InChI=1S/C37H30N4O11S2/c1-19-17-21(35(44)38-27-7-3-5-23-29(42)13-15-31(33(23)27)53(47,48)49)9-11-25(19)40-37(46)41-26-12-10-22(18-20(26)2)36(45)39-28-8-4-6-24-30(43)14-16-32(34(24)28)54(50,51)52/h3-18,42-43H,1-2H3,(H,38,44)(H,39,45)(H2,40,41,46)(H,47,48,49)(H,50,51,52). The number of aryl methyl sites for hydroxylation is 2. The summed E-state index contributed by atoms with van der Waals surface area (Å²) >= 11 is 0. The van der Waals surface area contributed by atoms with E-state index < -0.39 is 47.9 Å². The van der Waals surface area contributed by atoms with Gasteiger partial charge in [0.25, 0.3) is 32.1 Å². The lowest BCUT2D eigenvalue weighted by Crippen LogP contribution is -2.21. The van der Waals surface area contributed by atoms with Gasteiger partial charge in [0.15, 0.2) is 0 Å². The first-order valence-electron chi connectivity index (χ1n) is 15.8. The van der Waals surface area contributed by atoms with Crippen molar-refractivity contribution in [1.82, 2.24) is 0 Å². The van der Waals surface area contributed by atoms with Gasteiger partial charge >= 0.3 is 6.03 Å². The number of urea groups is 1. The highest BCUT2D eigenvalue weighted by Gasteiger charge is 2.22. The number of benzene rings is 6. The van der Waals surface area contributed by atoms with Crippen molar-refractivity contribution in [2.45, 2.75) is 23.6 Å². The minimum atomic E-state index is -4.71. The Bertz CT molecular complexity index is 2600. The van der Waals surface area contributed by atoms with Gasteiger partial charge in [0, 0.05) is 44.0 Å². The molecule has 8 N–H and O–H groups in total. The van der Waals surface area contributed by atoms with E-state index in [2.05, 4.69) is 21.3 Å². The molecule has 54 heavy (non-hydrogen) atoms. The van der Waals surface area contributed by atoms with E-state index in [1.807, 2.05) is 0 Å². The normalized spacial score (nSPS) is 11.6. The van der Waals surface area contributed by atoms with E-state index in [9.17, 15) is 50.5 Å². The molecular weight excluding hydrogens is 741 g/mol. The molecule has 0 aliphatic rings. The summed E-state index contributed by atoms with van der Waals surface area (Å²) in [4.78, 5) is 38.4. The Hall–Kier alpha value is -6.53. The highest BCUT2D eigenvalue weighted by atomic mass is 32.2. The summed E-state index contributed by atoms with van der Waals surface area (Å²) in [5.74, 6) is -1.78. The Morgan fingerprint density at radius 3 is 1.24 bits per heavy atom. The third-order valence-corrected chi connectivity index (χ3v) is 10.3. The van der Waals surface area contributed by atoms with Crippen LogP contribution in [0, 0.1) is 13.8 Å². The number of anilines is 4. The average Bonchev–Trinajstić information content (AvgIpc) is 3.09. The molecule has 0 bridgehead atoms. The van der Waals surface area contributed by atoms with Crippen LogP contribution in [0.2, 0.25) is 0 Å². The maximum atomic E-state index is 13.2. The van der Waals surface area contributed by atoms with Crippen molar-refractivity contribution in [3.8, 4) is 11.5 Å². The van der Waals surface area contributed by atoms with Gasteiger partial charge in [-0.05, 0) is 97.8 Å². The molecule has 0 fully saturated rings. The van der Waals surface area contributed by atoms with Crippen LogP contribution in [-0.2, 0) is 20.2 Å². The molecule has 0 heterocycles. The first kappa shape index (κ1) is 37.2. The van der Waals surface area contributed by atoms with Gasteiger partial charge in [-0.2, -0.15) is 16.8 Å². The van der Waals surface area contributed by atoms with Gasteiger partial charge in [-0.1, -0.05) is 24.3 Å². The number of phenolic OH excluding ortho intramolecular Hbond substituents is 2. The van der Waals surface area contributed by atoms with Crippen molar-refractivity contribution in [3.05, 3.63) is 119 Å². The zero-order valence-corrected chi connectivity index (χ0v) is 29.8. The van der Waals surface area contributed by atoms with Crippen molar-refractivity contribution in [3.63, 3.8) is 0 Å². The molecule has 0 aliphatic heterocycles. The molecule has 6 aromatic carbocycles. The quantitative estimate of drug-likeness (QED) is 0.0760. The van der Waals surface area contributed by atoms with Crippen molar-refractivity contribution >= 4 is 82.4 Å². The fraction of sp³-hybridized carbons (Fsp3) is 0.0541. The maximum absolute atomic E-state index is 13.2. The highest BCUT2D eigenvalue weighted by Crippen LogP contribution is 2.37. The third-order valence-electron chi connectivity index (χ3n) is 8.48. The summed E-state index contributed by atoms with van der Waals surface area (Å²) in [6.45, 7) is 3.29. The van der Waals surface area contributed by atoms with Gasteiger partial charge in [-0.25, -0.2) is 4.79 Å². The molecule has 0 radical (unpaired) electrons. The highest BCUT2D eigenvalue weighted by molar-refractivity contribution is 7.86. The summed E-state index contributed by atoms with van der Waals surface area (Å²) in [6.07, 6.45) is 0. The van der Waals surface area contributed by atoms with E-state index >= 15 is 0 Å². The number of aromatic hydroxyl groups is 2. The second-order valence-electron chi connectivity index (χ2n) is 12.1. The summed E-state index contributed by atoms with van der Waals surface area (Å²) in [6, 6.07) is 21.2. The molecule has 15 nitrogen and oxygen atoms in total. The molecular formula is C37H30N4O11S2. The molecule has 0 aromatic heterocycles. The SMILES string of the molecule is Cc1cc(C(=O)Nc2cccc3c(O)ccc(S(=O)(=O)O)c23)ccc1NC(=O)Nc1ccc(C(=O)Nc2cccc3c(O)ccc(S(=O)(=O)O)c23)cc1C. The van der Waals surface area contributed by atoms with Crippen LogP contribution in [0.5, 0.6) is 11.5 Å². The molecule has 0 saturated carbocycles. The molecule has 276 valence electrons. The van der Waals surface area contributed by atoms with E-state index in [1.165, 1.54) is 72.8 Å². The Morgan fingerprint density at radius 1 is 0.500 bits per heavy atom. The number of carbonyl (C=O) groups is 3. The molecule has 17 heteroatoms. The lowest BCUT2D eigenvalue weighted by Gasteiger charge is -2.15. The molecule has 0 spiro atoms. The van der Waals surface area contributed by atoms with Crippen LogP contribution in [0.15, 0.2) is 107 Å². The zero-order chi connectivity index (χ0) is 39.1. The average molecular weight is 771 g/mol. The second-order valence-corrected chi connectivity index (χ2v) is 14.9. The van der Waals surface area contributed by atoms with E-state index in [0.717, 1.165) is 24.3 Å². The smallest absolute Gasteiger partial charge is 0.323 e. The van der Waals surface area contributed by atoms with Crippen LogP contribution in [0.4, 0.5) is 27.5 Å². The Kier molecular flexibility index (Phi) is 9.74. The Balaban J connectivity index is 1.15. The minimum absolute atomic E-state index is 0.0271. The number of nitrogens with one attached hydrogen (secondary N) is 4. The summed E-state index contributed by atoms with van der Waals surface area (Å²) in [5.41, 5.74) is 2.06. The number of rotatable bonds is 8. The number of fused-ring (bicyclic) bond motifs is 2. The predicted molar refractivity (Wildman–Crippen MR) is 202 cm³/mol. The first-order valence-corrected chi connectivity index (χ1v) is 18.7. The molecule has 0 aliphatic carbocycles. The Morgan fingerprint density at radius 2 is 0.889 bits per heavy atom. The van der Waals surface area contributed by atoms with Gasteiger partial charge in [0.2, 0.25) is 0 Å². The predicted octanol–water partition coefficient (Wildman–Crippen LogP) is 6.66. The van der Waals surface area contributed by atoms with E-state index in [-0.39, 0.29) is 55.5 Å². The maximum Gasteiger partial charge on any atom is 0.323 e. The van der Waals surface area contributed by atoms with E-state index in [4.69, 9.17) is 0 Å². The largest absolute Gasteiger partial charge is 0.507 e. The van der Waals surface area contributed by atoms with Crippen LogP contribution < -0.4 is 21.3 Å². The van der Waals surface area contributed by atoms with Crippen molar-refractivity contribution < 1.29 is 50.5 Å². The van der Waals surface area contributed by atoms with Gasteiger partial charge in [0.05, 0.1) is 11.4 Å². The molecule has 4 amide bonds. The van der Waals surface area contributed by atoms with Crippen molar-refractivity contribution in [1.29, 1.82) is 0 Å². The van der Waals surface area contributed by atoms with Gasteiger partial charge < -0.3 is 31.5 Å². The minimum Gasteiger partial charge on any atom is -0.507 e. The van der Waals surface area contributed by atoms with Gasteiger partial charge in [-0.15, -0.1) is 0 Å². The summed E-state index contributed by atoms with van der Waals surface area (Å²) < 4.78 is 67.6. The number of hydrogen-bond acceptors (Lipinski definition) is 9. The van der Waals surface area contributed by atoms with Crippen LogP contribution in [0.1, 0.15) is 31.8 Å². The fourth-order valence-electron chi connectivity index (χ4n) is 5.91. The number of phenols is 2. The third kappa shape index (κ3) is 7.50. The monoisotopic (exact) mass is 770 g/mol. The molecule has 6 aromatic rings. The lowest BCUT2D eigenvalue weighted by atomic mass is 10.1. The topological polar surface area (TPSA) is 249 Å². The van der Waals surface area contributed by atoms with Crippen molar-refractivity contribution in [2.75, 3.05) is 21.3 Å². The van der Waals surface area contributed by atoms with Crippen molar-refractivity contribution in [2.24, 2.45) is 0 Å². The zero-order valence-electron chi connectivity index (χ0n) is 28.2. The summed E-state index contributed by atoms with van der Waals surface area (Å²) in [7, 11) is -9.41. The van der Waals surface area contributed by atoms with Crippen LogP contribution in [0.25, 0.3) is 21.5 Å². The number of amides is 4. The van der Waals surface area contributed by atoms with Gasteiger partial charge in [0.1, 0.15) is 21.3 Å². The number of carbonyl (C=O) groups excluding carboxylic acids is 3. The van der Waals surface area contributed by atoms with Crippen LogP contribution >= 0.6 is 0 Å². The van der Waals surface area contributed by atoms with E-state index in [0.29, 0.717) is 22.5 Å². The second kappa shape index (κ2) is 14.1. The molecule has 6 rings (SSSR count). The lowest BCUT2D eigenvalue weighted by molar-refractivity contribution is 0.101. The summed E-state index contributed by atoms with van der Waals surface area (Å²) in [5, 5.41) is 31.2.